The van der Waals surface area contributed by atoms with Crippen molar-refractivity contribution in [2.75, 3.05) is 38.5 Å². The second-order valence-corrected chi connectivity index (χ2v) is 9.58. The van der Waals surface area contributed by atoms with Crippen LogP contribution in [-0.2, 0) is 26.0 Å². The highest BCUT2D eigenvalue weighted by atomic mass is 32.2. The number of primary sulfonamides is 1. The summed E-state index contributed by atoms with van der Waals surface area (Å²) in [7, 11) is -3.57. The molecule has 2 unspecified atom stereocenters. The van der Waals surface area contributed by atoms with E-state index in [-0.39, 0.29) is 42.9 Å². The number of aliphatic hydroxyl groups excluding tert-OH is 1. The van der Waals surface area contributed by atoms with Gasteiger partial charge in [0.05, 0.1) is 18.6 Å². The molecule has 2 aliphatic rings. The van der Waals surface area contributed by atoms with Gasteiger partial charge >= 0.3 is 0 Å². The van der Waals surface area contributed by atoms with Gasteiger partial charge in [-0.1, -0.05) is 0 Å². The van der Waals surface area contributed by atoms with Crippen molar-refractivity contribution < 1.29 is 23.1 Å². The lowest BCUT2D eigenvalue weighted by molar-refractivity contribution is -0.132. The summed E-state index contributed by atoms with van der Waals surface area (Å²) < 4.78 is 22.0. The Labute approximate surface area is 164 Å². The lowest BCUT2D eigenvalue weighted by atomic mass is 9.82. The molecule has 0 aliphatic carbocycles. The number of aliphatic hydroxyl groups is 1. The average molecular weight is 414 g/mol. The number of nitrogens with zero attached hydrogens (tertiary/aromatic N) is 3. The topological polar surface area (TPSA) is 150 Å². The van der Waals surface area contributed by atoms with Crippen molar-refractivity contribution in [1.29, 1.82) is 0 Å². The Kier molecular flexibility index (Phi) is 6.06. The third kappa shape index (κ3) is 4.70. The quantitative estimate of drug-likeness (QED) is 0.482. The molecule has 2 aliphatic heterocycles. The number of hydrogen-bond donors (Lipinski definition) is 3. The van der Waals surface area contributed by atoms with Crippen molar-refractivity contribution in [2.24, 2.45) is 16.5 Å². The number of carbonyl (C=O) groups is 2. The first-order valence-electron chi connectivity index (χ1n) is 9.37. The zero-order valence-electron chi connectivity index (χ0n) is 15.7. The van der Waals surface area contributed by atoms with E-state index in [9.17, 15) is 23.1 Å². The molecule has 0 spiro atoms. The Morgan fingerprint density at radius 1 is 1.25 bits per heavy atom. The molecule has 0 saturated carbocycles. The number of rotatable bonds is 8. The Hall–Kier alpha value is -1.98. The number of H-pyrrole nitrogens is 1. The third-order valence-electron chi connectivity index (χ3n) is 5.78. The number of aryl methyl sites for hydroxylation is 1. The van der Waals surface area contributed by atoms with E-state index in [4.69, 9.17) is 5.14 Å². The molecule has 28 heavy (non-hydrogen) atoms. The number of nitrogens with one attached hydrogen (secondary N) is 1. The van der Waals surface area contributed by atoms with Crippen molar-refractivity contribution in [3.63, 3.8) is 0 Å². The van der Waals surface area contributed by atoms with Crippen LogP contribution in [0.3, 0.4) is 0 Å². The summed E-state index contributed by atoms with van der Waals surface area (Å²) in [5.41, 5.74) is 0.474. The van der Waals surface area contributed by atoms with Gasteiger partial charge in [-0.2, -0.15) is 5.10 Å². The Morgan fingerprint density at radius 2 is 1.89 bits per heavy atom. The SMILES string of the molecule is NS(=O)(=O)CCCC(=O)N1CC2CN(C(=O)CCc3cn[nH]c3)CC2(CO)C1. The maximum absolute atomic E-state index is 12.5. The zero-order valence-corrected chi connectivity index (χ0v) is 16.5. The maximum Gasteiger partial charge on any atom is 0.222 e. The van der Waals surface area contributed by atoms with Gasteiger partial charge in [0.1, 0.15) is 0 Å². The molecule has 2 fully saturated rings. The Balaban J connectivity index is 1.52. The van der Waals surface area contributed by atoms with Crippen LogP contribution < -0.4 is 5.14 Å². The molecule has 0 aromatic carbocycles. The number of aromatic nitrogens is 2. The van der Waals surface area contributed by atoms with E-state index in [0.717, 1.165) is 5.56 Å². The van der Waals surface area contributed by atoms with Gasteiger partial charge in [-0.15, -0.1) is 0 Å². The molecule has 0 radical (unpaired) electrons. The molecule has 3 heterocycles. The molecule has 3 rings (SSSR count). The Bertz CT molecular complexity index is 812. The molecule has 1 aromatic rings. The summed E-state index contributed by atoms with van der Waals surface area (Å²) in [5.74, 6) is -0.296. The number of likely N-dealkylation sites (tertiary alicyclic amines) is 2. The minimum Gasteiger partial charge on any atom is -0.396 e. The normalized spacial score (nSPS) is 24.6. The third-order valence-corrected chi connectivity index (χ3v) is 6.64. The number of carbonyl (C=O) groups excluding carboxylic acids is 2. The van der Waals surface area contributed by atoms with Gasteiger partial charge in [-0.3, -0.25) is 14.7 Å². The molecule has 1 aromatic heterocycles. The van der Waals surface area contributed by atoms with Crippen molar-refractivity contribution in [1.82, 2.24) is 20.0 Å². The molecular formula is C17H27N5O5S. The number of hydrogen-bond acceptors (Lipinski definition) is 6. The van der Waals surface area contributed by atoms with Crippen molar-refractivity contribution in [2.45, 2.75) is 25.7 Å². The van der Waals surface area contributed by atoms with Crippen LogP contribution in [0.2, 0.25) is 0 Å². The molecular weight excluding hydrogens is 386 g/mol. The van der Waals surface area contributed by atoms with E-state index in [1.165, 1.54) is 0 Å². The standard InChI is InChI=1S/C17H27N5O5S/c18-28(26,27)5-1-2-15(24)21-8-14-9-22(11-17(14,10-21)12-23)16(25)4-3-13-6-19-20-7-13/h6-7,14,23H,1-5,8-12H2,(H,19,20)(H2,18,26,27). The highest BCUT2D eigenvalue weighted by Crippen LogP contribution is 2.42. The van der Waals surface area contributed by atoms with Crippen LogP contribution in [0.25, 0.3) is 0 Å². The fraction of sp³-hybridized carbons (Fsp3) is 0.706. The minimum absolute atomic E-state index is 0.0255. The number of aromatic amines is 1. The number of sulfonamides is 1. The molecule has 4 N–H and O–H groups in total. The van der Waals surface area contributed by atoms with Crippen LogP contribution in [0.4, 0.5) is 0 Å². The molecule has 156 valence electrons. The van der Waals surface area contributed by atoms with Crippen LogP contribution in [0, 0.1) is 11.3 Å². The predicted octanol–water partition coefficient (Wildman–Crippen LogP) is -1.31. The van der Waals surface area contributed by atoms with E-state index in [1.54, 1.807) is 22.2 Å². The first kappa shape index (κ1) is 20.7. The number of nitrogens with two attached hydrogens (primary N) is 1. The molecule has 11 heteroatoms. The molecule has 2 saturated heterocycles. The van der Waals surface area contributed by atoms with Crippen LogP contribution >= 0.6 is 0 Å². The van der Waals surface area contributed by atoms with Gasteiger partial charge < -0.3 is 14.9 Å². The van der Waals surface area contributed by atoms with Gasteiger partial charge in [0, 0.05) is 56.6 Å². The van der Waals surface area contributed by atoms with E-state index in [0.29, 0.717) is 39.0 Å². The van der Waals surface area contributed by atoms with E-state index in [1.807, 2.05) is 0 Å². The van der Waals surface area contributed by atoms with Crippen LogP contribution in [0.5, 0.6) is 0 Å². The van der Waals surface area contributed by atoms with E-state index >= 15 is 0 Å². The largest absolute Gasteiger partial charge is 0.396 e. The van der Waals surface area contributed by atoms with Gasteiger partial charge in [0.25, 0.3) is 0 Å². The summed E-state index contributed by atoms with van der Waals surface area (Å²) in [4.78, 5) is 28.4. The van der Waals surface area contributed by atoms with Crippen LogP contribution in [0.1, 0.15) is 24.8 Å². The van der Waals surface area contributed by atoms with Gasteiger partial charge in [-0.05, 0) is 18.4 Å². The van der Waals surface area contributed by atoms with Gasteiger partial charge in [0.2, 0.25) is 21.8 Å². The van der Waals surface area contributed by atoms with Crippen LogP contribution in [-0.4, -0.2) is 83.9 Å². The van der Waals surface area contributed by atoms with Gasteiger partial charge in [0.15, 0.2) is 0 Å². The van der Waals surface area contributed by atoms with Crippen molar-refractivity contribution >= 4 is 21.8 Å². The van der Waals surface area contributed by atoms with Gasteiger partial charge in [-0.25, -0.2) is 13.6 Å². The Morgan fingerprint density at radius 3 is 2.39 bits per heavy atom. The molecule has 2 atom stereocenters. The summed E-state index contributed by atoms with van der Waals surface area (Å²) in [6, 6.07) is 0. The fourth-order valence-electron chi connectivity index (χ4n) is 4.19. The summed E-state index contributed by atoms with van der Waals surface area (Å²) in [6.45, 7) is 1.71. The fourth-order valence-corrected chi connectivity index (χ4v) is 4.74. The maximum atomic E-state index is 12.5. The molecule has 2 amide bonds. The zero-order chi connectivity index (χ0) is 20.4. The summed E-state index contributed by atoms with van der Waals surface area (Å²) in [6.07, 6.45) is 4.74. The molecule has 0 bridgehead atoms. The first-order valence-corrected chi connectivity index (χ1v) is 11.1. The predicted molar refractivity (Wildman–Crippen MR) is 100 cm³/mol. The lowest BCUT2D eigenvalue weighted by Crippen LogP contribution is -2.40. The minimum atomic E-state index is -3.57. The number of fused-ring (bicyclic) bond motifs is 1. The smallest absolute Gasteiger partial charge is 0.222 e. The van der Waals surface area contributed by atoms with Crippen molar-refractivity contribution in [3.8, 4) is 0 Å². The van der Waals surface area contributed by atoms with E-state index in [2.05, 4.69) is 10.2 Å². The lowest BCUT2D eigenvalue weighted by Gasteiger charge is -2.27. The van der Waals surface area contributed by atoms with E-state index < -0.39 is 15.4 Å². The summed E-state index contributed by atoms with van der Waals surface area (Å²) in [5, 5.41) is 21.6. The monoisotopic (exact) mass is 413 g/mol. The second-order valence-electron chi connectivity index (χ2n) is 7.84. The highest BCUT2D eigenvalue weighted by Gasteiger charge is 2.53. The van der Waals surface area contributed by atoms with Crippen LogP contribution in [0.15, 0.2) is 12.4 Å². The molecule has 10 nitrogen and oxygen atoms in total. The number of amides is 2. The second kappa shape index (κ2) is 8.18. The highest BCUT2D eigenvalue weighted by molar-refractivity contribution is 7.89. The first-order chi connectivity index (χ1) is 13.2. The summed E-state index contributed by atoms with van der Waals surface area (Å²) >= 11 is 0. The van der Waals surface area contributed by atoms with Crippen molar-refractivity contribution in [3.05, 3.63) is 18.0 Å². The average Bonchev–Trinajstić information content (AvgIpc) is 3.32.